The molecule has 1 fully saturated rings. The number of nitrogens with one attached hydrogen (secondary N) is 1. The van der Waals surface area contributed by atoms with Gasteiger partial charge in [-0.2, -0.15) is 0 Å². The SMILES string of the molecule is CCN1c2cc(C)c(/C=C3/C(=O)NC(=O)N(c4ccc(Br)cc4)C3=O)cc2C(C)CC1(C)C. The van der Waals surface area contributed by atoms with Crippen molar-refractivity contribution in [1.82, 2.24) is 5.32 Å². The van der Waals surface area contributed by atoms with E-state index in [0.717, 1.165) is 33.5 Å². The van der Waals surface area contributed by atoms with Crippen LogP contribution in [0.15, 0.2) is 46.4 Å². The molecule has 7 heteroatoms. The van der Waals surface area contributed by atoms with Gasteiger partial charge in [-0.15, -0.1) is 0 Å². The van der Waals surface area contributed by atoms with Gasteiger partial charge >= 0.3 is 6.03 Å². The molecular weight excluding hydrogens is 482 g/mol. The van der Waals surface area contributed by atoms with Gasteiger partial charge < -0.3 is 4.90 Å². The number of hydrogen-bond donors (Lipinski definition) is 1. The van der Waals surface area contributed by atoms with Crippen molar-refractivity contribution in [3.05, 3.63) is 63.1 Å². The molecule has 0 aliphatic carbocycles. The Bertz CT molecular complexity index is 1180. The monoisotopic (exact) mass is 509 g/mol. The molecular formula is C26H28BrN3O3. The quantitative estimate of drug-likeness (QED) is 0.435. The highest BCUT2D eigenvalue weighted by molar-refractivity contribution is 9.10. The molecule has 2 aromatic carbocycles. The number of imide groups is 2. The van der Waals surface area contributed by atoms with Crippen LogP contribution in [0.5, 0.6) is 0 Å². The molecule has 4 amide bonds. The molecule has 6 nitrogen and oxygen atoms in total. The number of carbonyl (C=O) groups excluding carboxylic acids is 3. The first kappa shape index (κ1) is 23.2. The number of urea groups is 1. The van der Waals surface area contributed by atoms with Crippen LogP contribution < -0.4 is 15.1 Å². The fourth-order valence-electron chi connectivity index (χ4n) is 5.04. The second-order valence-corrected chi connectivity index (χ2v) is 10.3. The molecule has 1 atom stereocenters. The number of anilines is 2. The van der Waals surface area contributed by atoms with E-state index in [9.17, 15) is 14.4 Å². The third-order valence-electron chi connectivity index (χ3n) is 6.58. The molecule has 0 saturated carbocycles. The van der Waals surface area contributed by atoms with Crippen LogP contribution in [-0.2, 0) is 9.59 Å². The van der Waals surface area contributed by atoms with Crippen LogP contribution in [0.3, 0.4) is 0 Å². The van der Waals surface area contributed by atoms with Crippen molar-refractivity contribution in [2.45, 2.75) is 52.5 Å². The van der Waals surface area contributed by atoms with Crippen LogP contribution in [0.1, 0.15) is 56.7 Å². The molecule has 2 aliphatic heterocycles. The maximum absolute atomic E-state index is 13.2. The molecule has 0 spiro atoms. The van der Waals surface area contributed by atoms with Crippen LogP contribution >= 0.6 is 15.9 Å². The minimum Gasteiger partial charge on any atom is -0.366 e. The molecule has 33 heavy (non-hydrogen) atoms. The number of rotatable bonds is 3. The average Bonchev–Trinajstić information content (AvgIpc) is 2.72. The summed E-state index contributed by atoms with van der Waals surface area (Å²) in [6, 6.07) is 10.3. The molecule has 0 radical (unpaired) electrons. The number of halogens is 1. The van der Waals surface area contributed by atoms with E-state index in [-0.39, 0.29) is 11.1 Å². The topological polar surface area (TPSA) is 69.7 Å². The smallest absolute Gasteiger partial charge is 0.335 e. The highest BCUT2D eigenvalue weighted by Gasteiger charge is 2.38. The summed E-state index contributed by atoms with van der Waals surface area (Å²) in [6.45, 7) is 11.8. The lowest BCUT2D eigenvalue weighted by Crippen LogP contribution is -2.54. The first-order valence-corrected chi connectivity index (χ1v) is 11.9. The molecule has 1 unspecified atom stereocenters. The predicted molar refractivity (Wildman–Crippen MR) is 134 cm³/mol. The van der Waals surface area contributed by atoms with E-state index in [1.54, 1.807) is 30.3 Å². The zero-order valence-electron chi connectivity index (χ0n) is 19.5. The maximum atomic E-state index is 13.2. The fourth-order valence-corrected chi connectivity index (χ4v) is 5.31. The Morgan fingerprint density at radius 1 is 1.15 bits per heavy atom. The molecule has 172 valence electrons. The van der Waals surface area contributed by atoms with Gasteiger partial charge in [-0.05, 0) is 99.2 Å². The van der Waals surface area contributed by atoms with Gasteiger partial charge in [0.05, 0.1) is 5.69 Å². The number of aryl methyl sites for hydroxylation is 1. The Morgan fingerprint density at radius 3 is 2.45 bits per heavy atom. The number of nitrogens with zero attached hydrogens (tertiary/aromatic N) is 2. The Balaban J connectivity index is 1.77. The summed E-state index contributed by atoms with van der Waals surface area (Å²) in [7, 11) is 0. The molecule has 2 heterocycles. The van der Waals surface area contributed by atoms with Crippen molar-refractivity contribution in [3.8, 4) is 0 Å². The average molecular weight is 510 g/mol. The highest BCUT2D eigenvalue weighted by atomic mass is 79.9. The summed E-state index contributed by atoms with van der Waals surface area (Å²) in [5.74, 6) is -0.973. The molecule has 4 rings (SSSR count). The summed E-state index contributed by atoms with van der Waals surface area (Å²) < 4.78 is 0.825. The normalized spacial score (nSPS) is 21.3. The van der Waals surface area contributed by atoms with E-state index in [1.165, 1.54) is 11.3 Å². The molecule has 1 N–H and O–H groups in total. The van der Waals surface area contributed by atoms with Gasteiger partial charge in [-0.1, -0.05) is 22.9 Å². The second-order valence-electron chi connectivity index (χ2n) is 9.36. The van der Waals surface area contributed by atoms with Crippen LogP contribution in [0.2, 0.25) is 0 Å². The number of carbonyl (C=O) groups is 3. The first-order valence-electron chi connectivity index (χ1n) is 11.1. The van der Waals surface area contributed by atoms with Gasteiger partial charge in [0, 0.05) is 22.2 Å². The van der Waals surface area contributed by atoms with Gasteiger partial charge in [0.25, 0.3) is 11.8 Å². The van der Waals surface area contributed by atoms with E-state index in [2.05, 4.69) is 66.0 Å². The standard InChI is InChI=1S/C26H28BrN3O3/c1-6-29-22-11-15(2)17(12-20(22)16(3)14-26(29,4)5)13-21-23(31)28-25(33)30(24(21)32)19-9-7-18(27)8-10-19/h7-13,16H,6,14H2,1-5H3,(H,28,31,33)/b21-13-. The van der Waals surface area contributed by atoms with E-state index < -0.39 is 17.8 Å². The van der Waals surface area contributed by atoms with Crippen molar-refractivity contribution in [3.63, 3.8) is 0 Å². The molecule has 0 aromatic heterocycles. The number of benzene rings is 2. The first-order chi connectivity index (χ1) is 15.5. The molecule has 0 bridgehead atoms. The summed E-state index contributed by atoms with van der Waals surface area (Å²) in [5, 5.41) is 2.30. The highest BCUT2D eigenvalue weighted by Crippen LogP contribution is 2.44. The zero-order chi connectivity index (χ0) is 24.1. The fraction of sp³-hybridized carbons (Fsp3) is 0.346. The molecule has 2 aliphatic rings. The Hall–Kier alpha value is -2.93. The van der Waals surface area contributed by atoms with E-state index in [4.69, 9.17) is 0 Å². The Morgan fingerprint density at radius 2 is 1.82 bits per heavy atom. The van der Waals surface area contributed by atoms with Crippen molar-refractivity contribution in [2.75, 3.05) is 16.3 Å². The lowest BCUT2D eigenvalue weighted by Gasteiger charge is -2.47. The minimum atomic E-state index is -0.749. The lowest BCUT2D eigenvalue weighted by atomic mass is 9.79. The van der Waals surface area contributed by atoms with E-state index >= 15 is 0 Å². The van der Waals surface area contributed by atoms with Gasteiger partial charge in [-0.3, -0.25) is 14.9 Å². The predicted octanol–water partition coefficient (Wildman–Crippen LogP) is 5.54. The maximum Gasteiger partial charge on any atom is 0.335 e. The van der Waals surface area contributed by atoms with E-state index in [1.807, 2.05) is 6.92 Å². The third kappa shape index (κ3) is 4.10. The summed E-state index contributed by atoms with van der Waals surface area (Å²) in [6.07, 6.45) is 2.62. The summed E-state index contributed by atoms with van der Waals surface area (Å²) in [5.41, 5.74) is 4.58. The van der Waals surface area contributed by atoms with E-state index in [0.29, 0.717) is 11.6 Å². The lowest BCUT2D eigenvalue weighted by molar-refractivity contribution is -0.122. The molecule has 1 saturated heterocycles. The van der Waals surface area contributed by atoms with Crippen molar-refractivity contribution >= 4 is 51.2 Å². The van der Waals surface area contributed by atoms with Crippen LogP contribution in [-0.4, -0.2) is 29.9 Å². The largest absolute Gasteiger partial charge is 0.366 e. The number of barbiturate groups is 1. The van der Waals surface area contributed by atoms with Crippen LogP contribution in [0, 0.1) is 6.92 Å². The number of fused-ring (bicyclic) bond motifs is 1. The van der Waals surface area contributed by atoms with Gasteiger partial charge in [0.15, 0.2) is 0 Å². The summed E-state index contributed by atoms with van der Waals surface area (Å²) >= 11 is 3.35. The van der Waals surface area contributed by atoms with Crippen LogP contribution in [0.25, 0.3) is 6.08 Å². The van der Waals surface area contributed by atoms with Crippen LogP contribution in [0.4, 0.5) is 16.2 Å². The van der Waals surface area contributed by atoms with Crippen molar-refractivity contribution in [1.29, 1.82) is 0 Å². The number of hydrogen-bond acceptors (Lipinski definition) is 4. The molecule has 2 aromatic rings. The summed E-state index contributed by atoms with van der Waals surface area (Å²) in [4.78, 5) is 41.7. The van der Waals surface area contributed by atoms with Gasteiger partial charge in [0.1, 0.15) is 5.57 Å². The third-order valence-corrected chi connectivity index (χ3v) is 7.10. The zero-order valence-corrected chi connectivity index (χ0v) is 21.1. The van der Waals surface area contributed by atoms with Crippen molar-refractivity contribution < 1.29 is 14.4 Å². The second kappa shape index (κ2) is 8.45. The number of amides is 4. The Labute approximate surface area is 202 Å². The van der Waals surface area contributed by atoms with Gasteiger partial charge in [-0.25, -0.2) is 9.69 Å². The van der Waals surface area contributed by atoms with Crippen molar-refractivity contribution in [2.24, 2.45) is 0 Å². The minimum absolute atomic E-state index is 0.0539. The Kier molecular flexibility index (Phi) is 5.95. The van der Waals surface area contributed by atoms with Gasteiger partial charge in [0.2, 0.25) is 0 Å².